The Kier molecular flexibility index (Phi) is 6.70. The van der Waals surface area contributed by atoms with Gasteiger partial charge < -0.3 is 14.4 Å². The molecule has 4 aromatic rings. The van der Waals surface area contributed by atoms with E-state index in [0.717, 1.165) is 65.2 Å². The van der Waals surface area contributed by atoms with Gasteiger partial charge in [-0.3, -0.25) is 4.79 Å². The number of rotatable bonds is 3. The summed E-state index contributed by atoms with van der Waals surface area (Å²) >= 11 is 0. The average molecular weight is 461 g/mol. The molecule has 5 nitrogen and oxygen atoms in total. The maximum atomic E-state index is 14.0. The molecule has 1 amide bonds. The Labute approximate surface area is 201 Å². The normalized spacial score (nSPS) is 14.1. The third-order valence-corrected chi connectivity index (χ3v) is 6.37. The minimum atomic E-state index is 0. The minimum Gasteiger partial charge on any atom is -0.355 e. The summed E-state index contributed by atoms with van der Waals surface area (Å²) < 4.78 is 2.16. The first kappa shape index (κ1) is 22.9. The van der Waals surface area contributed by atoms with Crippen LogP contribution in [-0.4, -0.2) is 46.5 Å². The fourth-order valence-electron chi connectivity index (χ4n) is 4.76. The second-order valence-electron chi connectivity index (χ2n) is 8.49. The number of amides is 1. The average Bonchev–Trinajstić information content (AvgIpc) is 2.96. The fourth-order valence-corrected chi connectivity index (χ4v) is 4.76. The molecule has 0 radical (unpaired) electrons. The van der Waals surface area contributed by atoms with Crippen molar-refractivity contribution in [3.63, 3.8) is 0 Å². The molecule has 0 saturated carbocycles. The molecule has 3 heterocycles. The monoisotopic (exact) mass is 460 g/mol. The highest BCUT2D eigenvalue weighted by Gasteiger charge is 2.28. The van der Waals surface area contributed by atoms with E-state index in [2.05, 4.69) is 58.8 Å². The van der Waals surface area contributed by atoms with Crippen LogP contribution in [0.5, 0.6) is 0 Å². The van der Waals surface area contributed by atoms with Crippen molar-refractivity contribution in [2.24, 2.45) is 7.05 Å². The lowest BCUT2D eigenvalue weighted by molar-refractivity contribution is 0.0769. The third kappa shape index (κ3) is 4.33. The second kappa shape index (κ2) is 9.67. The predicted octanol–water partition coefficient (Wildman–Crippen LogP) is 5.32. The van der Waals surface area contributed by atoms with E-state index >= 15 is 0 Å². The lowest BCUT2D eigenvalue weighted by Gasteiger charge is -2.23. The first-order valence-corrected chi connectivity index (χ1v) is 11.2. The number of aryl methyl sites for hydroxylation is 2. The number of hydrogen-bond donors (Lipinski definition) is 0. The summed E-state index contributed by atoms with van der Waals surface area (Å²) in [6.07, 6.45) is 2.75. The minimum absolute atomic E-state index is 0. The summed E-state index contributed by atoms with van der Waals surface area (Å²) in [4.78, 5) is 22.8. The summed E-state index contributed by atoms with van der Waals surface area (Å²) in [5.74, 6) is 1.09. The molecule has 33 heavy (non-hydrogen) atoms. The third-order valence-electron chi connectivity index (χ3n) is 6.37. The van der Waals surface area contributed by atoms with E-state index in [1.165, 1.54) is 0 Å². The number of aromatic nitrogens is 2. The van der Waals surface area contributed by atoms with E-state index in [1.54, 1.807) is 0 Å². The highest BCUT2D eigenvalue weighted by atomic mass is 35.5. The first-order chi connectivity index (χ1) is 15.6. The summed E-state index contributed by atoms with van der Waals surface area (Å²) in [5.41, 5.74) is 5.11. The topological polar surface area (TPSA) is 41.4 Å². The highest BCUT2D eigenvalue weighted by molar-refractivity contribution is 6.13. The van der Waals surface area contributed by atoms with E-state index in [4.69, 9.17) is 0 Å². The van der Waals surface area contributed by atoms with Crippen LogP contribution in [0.25, 0.3) is 22.2 Å². The molecule has 170 valence electrons. The molecule has 1 saturated heterocycles. The van der Waals surface area contributed by atoms with Gasteiger partial charge in [0.25, 0.3) is 5.91 Å². The van der Waals surface area contributed by atoms with Crippen molar-refractivity contribution in [2.45, 2.75) is 13.3 Å². The Morgan fingerprint density at radius 2 is 1.70 bits per heavy atom. The van der Waals surface area contributed by atoms with Crippen LogP contribution in [0.2, 0.25) is 0 Å². The van der Waals surface area contributed by atoms with Gasteiger partial charge in [-0.2, -0.15) is 0 Å². The number of halogens is 1. The van der Waals surface area contributed by atoms with Crippen LogP contribution >= 0.6 is 12.4 Å². The number of carbonyl (C=O) groups is 1. The first-order valence-electron chi connectivity index (χ1n) is 11.2. The lowest BCUT2D eigenvalue weighted by atomic mass is 10.0. The van der Waals surface area contributed by atoms with Crippen LogP contribution in [0.15, 0.2) is 72.9 Å². The van der Waals surface area contributed by atoms with Gasteiger partial charge in [0.2, 0.25) is 0 Å². The van der Waals surface area contributed by atoms with Crippen LogP contribution in [0.4, 0.5) is 5.82 Å². The number of fused-ring (bicyclic) bond motifs is 1. The van der Waals surface area contributed by atoms with E-state index in [0.29, 0.717) is 6.54 Å². The predicted molar refractivity (Wildman–Crippen MR) is 137 cm³/mol. The number of nitrogens with zero attached hydrogens (tertiary/aromatic N) is 4. The van der Waals surface area contributed by atoms with Crippen molar-refractivity contribution in [3.8, 4) is 11.3 Å². The molecular weight excluding hydrogens is 432 g/mol. The van der Waals surface area contributed by atoms with Gasteiger partial charge in [0.1, 0.15) is 5.82 Å². The van der Waals surface area contributed by atoms with Gasteiger partial charge in [-0.15, -0.1) is 12.4 Å². The van der Waals surface area contributed by atoms with Crippen molar-refractivity contribution in [3.05, 3.63) is 84.1 Å². The Hall–Kier alpha value is -3.31. The van der Waals surface area contributed by atoms with Crippen LogP contribution in [0.1, 0.15) is 22.3 Å². The number of anilines is 1. The van der Waals surface area contributed by atoms with E-state index in [-0.39, 0.29) is 18.3 Å². The SMILES string of the molecule is Cc1ccc2c(c1)c(C(=O)N1CCCN(c3ccccn3)CC1)c(-c1ccccc1)n2C.Cl. The smallest absolute Gasteiger partial charge is 0.256 e. The molecular formula is C27H29ClN4O. The molecule has 2 aromatic heterocycles. The van der Waals surface area contributed by atoms with Crippen molar-refractivity contribution >= 4 is 35.0 Å². The molecule has 1 aliphatic rings. The zero-order valence-electron chi connectivity index (χ0n) is 19.1. The van der Waals surface area contributed by atoms with Crippen LogP contribution in [0.3, 0.4) is 0 Å². The quantitative estimate of drug-likeness (QED) is 0.415. The molecule has 0 atom stereocenters. The van der Waals surface area contributed by atoms with E-state index < -0.39 is 0 Å². The summed E-state index contributed by atoms with van der Waals surface area (Å²) in [6.45, 7) is 5.21. The van der Waals surface area contributed by atoms with Gasteiger partial charge in [0.05, 0.1) is 11.3 Å². The molecule has 0 N–H and O–H groups in total. The Bertz CT molecular complexity index is 1250. The molecule has 2 aromatic carbocycles. The molecule has 5 rings (SSSR count). The molecule has 6 heteroatoms. The summed E-state index contributed by atoms with van der Waals surface area (Å²) in [7, 11) is 2.06. The van der Waals surface area contributed by atoms with Gasteiger partial charge in [-0.1, -0.05) is 48.0 Å². The summed E-state index contributed by atoms with van der Waals surface area (Å²) in [6, 6.07) is 22.6. The van der Waals surface area contributed by atoms with Crippen LogP contribution < -0.4 is 4.90 Å². The van der Waals surface area contributed by atoms with Crippen molar-refractivity contribution in [1.29, 1.82) is 0 Å². The van der Waals surface area contributed by atoms with Crippen molar-refractivity contribution in [2.75, 3.05) is 31.1 Å². The Morgan fingerprint density at radius 1 is 0.909 bits per heavy atom. The van der Waals surface area contributed by atoms with Crippen molar-refractivity contribution < 1.29 is 4.79 Å². The lowest BCUT2D eigenvalue weighted by Crippen LogP contribution is -2.35. The second-order valence-corrected chi connectivity index (χ2v) is 8.49. The summed E-state index contributed by atoms with van der Waals surface area (Å²) in [5, 5.41) is 1.03. The maximum Gasteiger partial charge on any atom is 0.256 e. The molecule has 0 unspecified atom stereocenters. The standard InChI is InChI=1S/C27H28N4O.ClH/c1-20-12-13-23-22(19-20)25(26(29(23)2)21-9-4-3-5-10-21)27(32)31-16-8-15-30(17-18-31)24-11-6-7-14-28-24;/h3-7,9-14,19H,8,15-18H2,1-2H3;1H. The van der Waals surface area contributed by atoms with Gasteiger partial charge in [0.15, 0.2) is 0 Å². The maximum absolute atomic E-state index is 14.0. The zero-order valence-corrected chi connectivity index (χ0v) is 19.9. The molecule has 1 aliphatic heterocycles. The Morgan fingerprint density at radius 3 is 2.45 bits per heavy atom. The van der Waals surface area contributed by atoms with Crippen LogP contribution in [-0.2, 0) is 7.05 Å². The van der Waals surface area contributed by atoms with Gasteiger partial charge >= 0.3 is 0 Å². The Balaban J connectivity index is 0.00000259. The van der Waals surface area contributed by atoms with Crippen LogP contribution in [0, 0.1) is 6.92 Å². The highest BCUT2D eigenvalue weighted by Crippen LogP contribution is 2.34. The van der Waals surface area contributed by atoms with E-state index in [9.17, 15) is 4.79 Å². The van der Waals surface area contributed by atoms with Gasteiger partial charge in [-0.05, 0) is 43.2 Å². The molecule has 0 bridgehead atoms. The van der Waals surface area contributed by atoms with Gasteiger partial charge in [-0.25, -0.2) is 4.98 Å². The van der Waals surface area contributed by atoms with Gasteiger partial charge in [0, 0.05) is 50.3 Å². The fraction of sp³-hybridized carbons (Fsp3) is 0.259. The largest absolute Gasteiger partial charge is 0.355 e. The number of benzene rings is 2. The molecule has 0 spiro atoms. The molecule has 0 aliphatic carbocycles. The number of hydrogen-bond acceptors (Lipinski definition) is 3. The zero-order chi connectivity index (χ0) is 22.1. The number of pyridine rings is 1. The molecule has 1 fully saturated rings. The van der Waals surface area contributed by atoms with E-state index in [1.807, 2.05) is 47.5 Å². The number of carbonyl (C=O) groups excluding carboxylic acids is 1. The van der Waals surface area contributed by atoms with Crippen molar-refractivity contribution in [1.82, 2.24) is 14.5 Å².